The molecule has 0 spiro atoms. The number of hydrogen-bond acceptors (Lipinski definition) is 1. The largest absolute Gasteiger partial charge is 0.326 e. The van der Waals surface area contributed by atoms with E-state index in [0.29, 0.717) is 6.54 Å². The lowest BCUT2D eigenvalue weighted by Crippen LogP contribution is -2.00. The summed E-state index contributed by atoms with van der Waals surface area (Å²) >= 11 is 0. The monoisotopic (exact) mass is 229 g/mol. The molecule has 2 aromatic carbocycles. The zero-order chi connectivity index (χ0) is 12.4. The maximum atomic E-state index is 13.2. The molecule has 0 fully saturated rings. The van der Waals surface area contributed by atoms with Gasteiger partial charge in [-0.25, -0.2) is 4.39 Å². The number of benzene rings is 2. The van der Waals surface area contributed by atoms with E-state index in [1.165, 1.54) is 23.3 Å². The van der Waals surface area contributed by atoms with Crippen molar-refractivity contribution in [1.82, 2.24) is 0 Å². The van der Waals surface area contributed by atoms with E-state index in [0.717, 1.165) is 16.7 Å². The molecule has 0 amide bonds. The second kappa shape index (κ2) is 4.68. The van der Waals surface area contributed by atoms with Crippen molar-refractivity contribution in [1.29, 1.82) is 0 Å². The van der Waals surface area contributed by atoms with Gasteiger partial charge >= 0.3 is 0 Å². The molecule has 0 unspecified atom stereocenters. The topological polar surface area (TPSA) is 26.0 Å². The Bertz CT molecular complexity index is 547. The molecular formula is C15H16FN. The van der Waals surface area contributed by atoms with Crippen molar-refractivity contribution in [2.75, 3.05) is 0 Å². The predicted octanol–water partition coefficient (Wildman–Crippen LogP) is 3.57. The van der Waals surface area contributed by atoms with Crippen molar-refractivity contribution in [3.8, 4) is 11.1 Å². The first-order valence-corrected chi connectivity index (χ1v) is 5.68. The molecule has 0 aliphatic carbocycles. The molecular weight excluding hydrogens is 213 g/mol. The van der Waals surface area contributed by atoms with Gasteiger partial charge in [0.15, 0.2) is 0 Å². The molecule has 2 rings (SSSR count). The second-order valence-electron chi connectivity index (χ2n) is 4.32. The molecule has 0 saturated heterocycles. The molecule has 0 aliphatic heterocycles. The van der Waals surface area contributed by atoms with Gasteiger partial charge in [-0.15, -0.1) is 0 Å². The van der Waals surface area contributed by atoms with Crippen LogP contribution in [0.5, 0.6) is 0 Å². The van der Waals surface area contributed by atoms with Crippen LogP contribution in [0.3, 0.4) is 0 Å². The summed E-state index contributed by atoms with van der Waals surface area (Å²) in [6.07, 6.45) is 0. The van der Waals surface area contributed by atoms with Crippen molar-refractivity contribution in [2.24, 2.45) is 5.73 Å². The first-order valence-electron chi connectivity index (χ1n) is 5.68. The van der Waals surface area contributed by atoms with Crippen LogP contribution in [0.15, 0.2) is 36.4 Å². The Hall–Kier alpha value is -1.67. The van der Waals surface area contributed by atoms with Crippen LogP contribution in [0.4, 0.5) is 4.39 Å². The lowest BCUT2D eigenvalue weighted by Gasteiger charge is -2.12. The van der Waals surface area contributed by atoms with E-state index >= 15 is 0 Å². The van der Waals surface area contributed by atoms with Crippen molar-refractivity contribution < 1.29 is 4.39 Å². The number of aryl methyl sites for hydroxylation is 2. The average Bonchev–Trinajstić information content (AvgIpc) is 2.32. The number of nitrogens with two attached hydrogens (primary N) is 1. The summed E-state index contributed by atoms with van der Waals surface area (Å²) in [5.41, 5.74) is 11.0. The summed E-state index contributed by atoms with van der Waals surface area (Å²) in [5.74, 6) is -0.237. The van der Waals surface area contributed by atoms with Crippen molar-refractivity contribution in [3.63, 3.8) is 0 Å². The molecule has 0 saturated carbocycles. The Labute approximate surface area is 101 Å². The highest BCUT2D eigenvalue weighted by Crippen LogP contribution is 2.28. The van der Waals surface area contributed by atoms with Crippen LogP contribution in [0.2, 0.25) is 0 Å². The van der Waals surface area contributed by atoms with Gasteiger partial charge in [0.2, 0.25) is 0 Å². The summed E-state index contributed by atoms with van der Waals surface area (Å²) in [6.45, 7) is 4.45. The molecule has 0 heterocycles. The minimum absolute atomic E-state index is 0.237. The van der Waals surface area contributed by atoms with Crippen LogP contribution in [-0.2, 0) is 6.54 Å². The standard InChI is InChI=1S/C15H16FN/c1-10-3-4-11(2)15(7-10)14-6-5-13(16)8-12(14)9-17/h3-8H,9,17H2,1-2H3. The van der Waals surface area contributed by atoms with E-state index in [9.17, 15) is 4.39 Å². The van der Waals surface area contributed by atoms with Gasteiger partial charge in [-0.3, -0.25) is 0 Å². The fraction of sp³-hybridized carbons (Fsp3) is 0.200. The second-order valence-corrected chi connectivity index (χ2v) is 4.32. The molecule has 0 radical (unpaired) electrons. The van der Waals surface area contributed by atoms with Crippen molar-refractivity contribution in [2.45, 2.75) is 20.4 Å². The Morgan fingerprint density at radius 2 is 1.76 bits per heavy atom. The molecule has 0 aliphatic rings. The fourth-order valence-electron chi connectivity index (χ4n) is 2.02. The van der Waals surface area contributed by atoms with Gasteiger partial charge in [-0.05, 0) is 48.2 Å². The van der Waals surface area contributed by atoms with E-state index in [1.807, 2.05) is 0 Å². The molecule has 1 nitrogen and oxygen atoms in total. The molecule has 0 atom stereocenters. The predicted molar refractivity (Wildman–Crippen MR) is 69.2 cm³/mol. The van der Waals surface area contributed by atoms with Crippen LogP contribution in [0.1, 0.15) is 16.7 Å². The Balaban J connectivity index is 2.63. The summed E-state index contributed by atoms with van der Waals surface area (Å²) in [4.78, 5) is 0. The molecule has 2 aromatic rings. The minimum Gasteiger partial charge on any atom is -0.326 e. The number of halogens is 1. The first kappa shape index (κ1) is 11.8. The van der Waals surface area contributed by atoms with E-state index in [1.54, 1.807) is 6.07 Å². The van der Waals surface area contributed by atoms with Crippen LogP contribution < -0.4 is 5.73 Å². The van der Waals surface area contributed by atoms with Gasteiger partial charge in [0.25, 0.3) is 0 Å². The molecule has 0 bridgehead atoms. The Morgan fingerprint density at radius 3 is 2.47 bits per heavy atom. The first-order chi connectivity index (χ1) is 8.11. The number of rotatable bonds is 2. The van der Waals surface area contributed by atoms with Crippen LogP contribution in [-0.4, -0.2) is 0 Å². The average molecular weight is 229 g/mol. The van der Waals surface area contributed by atoms with Crippen LogP contribution in [0.25, 0.3) is 11.1 Å². The van der Waals surface area contributed by atoms with E-state index in [2.05, 4.69) is 32.0 Å². The maximum absolute atomic E-state index is 13.2. The zero-order valence-corrected chi connectivity index (χ0v) is 10.1. The van der Waals surface area contributed by atoms with Gasteiger partial charge in [-0.2, -0.15) is 0 Å². The summed E-state index contributed by atoms with van der Waals surface area (Å²) < 4.78 is 13.2. The molecule has 17 heavy (non-hydrogen) atoms. The van der Waals surface area contributed by atoms with Gasteiger partial charge in [-0.1, -0.05) is 29.8 Å². The van der Waals surface area contributed by atoms with Crippen molar-refractivity contribution >= 4 is 0 Å². The van der Waals surface area contributed by atoms with Crippen LogP contribution in [0, 0.1) is 19.7 Å². The SMILES string of the molecule is Cc1ccc(C)c(-c2ccc(F)cc2CN)c1. The van der Waals surface area contributed by atoms with Gasteiger partial charge in [0.05, 0.1) is 0 Å². The Morgan fingerprint density at radius 1 is 1.00 bits per heavy atom. The highest BCUT2D eigenvalue weighted by Gasteiger charge is 2.08. The zero-order valence-electron chi connectivity index (χ0n) is 10.1. The lowest BCUT2D eigenvalue weighted by molar-refractivity contribution is 0.625. The van der Waals surface area contributed by atoms with E-state index in [-0.39, 0.29) is 5.82 Å². The number of hydrogen-bond donors (Lipinski definition) is 1. The minimum atomic E-state index is -0.237. The fourth-order valence-corrected chi connectivity index (χ4v) is 2.02. The third-order valence-electron chi connectivity index (χ3n) is 2.97. The summed E-state index contributed by atoms with van der Waals surface area (Å²) in [6, 6.07) is 11.1. The van der Waals surface area contributed by atoms with E-state index in [4.69, 9.17) is 5.73 Å². The smallest absolute Gasteiger partial charge is 0.123 e. The third-order valence-corrected chi connectivity index (χ3v) is 2.97. The molecule has 88 valence electrons. The maximum Gasteiger partial charge on any atom is 0.123 e. The summed E-state index contributed by atoms with van der Waals surface area (Å²) in [5, 5.41) is 0. The quantitative estimate of drug-likeness (QED) is 0.837. The normalized spacial score (nSPS) is 10.6. The van der Waals surface area contributed by atoms with Gasteiger partial charge in [0.1, 0.15) is 5.82 Å². The van der Waals surface area contributed by atoms with E-state index < -0.39 is 0 Å². The van der Waals surface area contributed by atoms with Gasteiger partial charge in [0, 0.05) is 6.54 Å². The molecule has 2 N–H and O–H groups in total. The molecule has 2 heteroatoms. The highest BCUT2D eigenvalue weighted by atomic mass is 19.1. The van der Waals surface area contributed by atoms with Crippen LogP contribution >= 0.6 is 0 Å². The van der Waals surface area contributed by atoms with Crippen molar-refractivity contribution in [3.05, 3.63) is 58.9 Å². The third kappa shape index (κ3) is 2.37. The molecule has 0 aromatic heterocycles. The highest BCUT2D eigenvalue weighted by molar-refractivity contribution is 5.71. The summed E-state index contributed by atoms with van der Waals surface area (Å²) in [7, 11) is 0. The lowest BCUT2D eigenvalue weighted by atomic mass is 9.94. The Kier molecular flexibility index (Phi) is 3.25. The van der Waals surface area contributed by atoms with Gasteiger partial charge < -0.3 is 5.73 Å².